The SMILES string of the molecule is CC(C(N)=O)n1c(C#N)cc2cc(CN3CCC(Nc4ncnc5sc(CC(F)(F)F)cc45)CC3)ccc21. The number of likely N-dealkylation sites (tertiary alicyclic amines) is 1. The number of carbonyl (C=O) groups is 1. The van der Waals surface area contributed by atoms with Gasteiger partial charge >= 0.3 is 6.18 Å². The molecule has 1 saturated heterocycles. The van der Waals surface area contributed by atoms with Crippen molar-refractivity contribution in [3.8, 4) is 6.07 Å². The van der Waals surface area contributed by atoms with Crippen LogP contribution in [0.5, 0.6) is 0 Å². The quantitative estimate of drug-likeness (QED) is 0.349. The van der Waals surface area contributed by atoms with Crippen LogP contribution in [0.4, 0.5) is 19.0 Å². The molecule has 1 unspecified atom stereocenters. The number of piperidine rings is 1. The van der Waals surface area contributed by atoms with Gasteiger partial charge in [-0.05, 0) is 49.6 Å². The van der Waals surface area contributed by atoms with Crippen molar-refractivity contribution in [3.05, 3.63) is 52.8 Å². The predicted molar refractivity (Wildman–Crippen MR) is 140 cm³/mol. The number of hydrogen-bond acceptors (Lipinski definition) is 7. The molecule has 1 fully saturated rings. The summed E-state index contributed by atoms with van der Waals surface area (Å²) in [6.45, 7) is 4.11. The van der Waals surface area contributed by atoms with Crippen molar-refractivity contribution in [2.24, 2.45) is 5.73 Å². The second kappa shape index (κ2) is 10.2. The summed E-state index contributed by atoms with van der Waals surface area (Å²) in [5.41, 5.74) is 7.77. The van der Waals surface area contributed by atoms with Gasteiger partial charge in [0.2, 0.25) is 5.91 Å². The summed E-state index contributed by atoms with van der Waals surface area (Å²) < 4.78 is 40.2. The molecule has 0 spiro atoms. The van der Waals surface area contributed by atoms with Crippen LogP contribution in [-0.2, 0) is 17.8 Å². The molecule has 1 aromatic carbocycles. The van der Waals surface area contributed by atoms with Gasteiger partial charge in [-0.2, -0.15) is 18.4 Å². The minimum absolute atomic E-state index is 0.153. The molecule has 198 valence electrons. The van der Waals surface area contributed by atoms with Crippen molar-refractivity contribution in [1.82, 2.24) is 19.4 Å². The molecule has 3 aromatic heterocycles. The Balaban J connectivity index is 1.23. The lowest BCUT2D eigenvalue weighted by Crippen LogP contribution is -2.38. The number of hydrogen-bond donors (Lipinski definition) is 2. The van der Waals surface area contributed by atoms with Gasteiger partial charge in [0, 0.05) is 41.5 Å². The minimum atomic E-state index is -4.26. The molecule has 4 aromatic rings. The number of rotatable bonds is 7. The van der Waals surface area contributed by atoms with Gasteiger partial charge in [0.05, 0.1) is 11.8 Å². The zero-order valence-corrected chi connectivity index (χ0v) is 21.4. The summed E-state index contributed by atoms with van der Waals surface area (Å²) in [6, 6.07) is 11.0. The van der Waals surface area contributed by atoms with Crippen LogP contribution in [0.2, 0.25) is 0 Å². The van der Waals surface area contributed by atoms with Gasteiger partial charge in [-0.3, -0.25) is 9.69 Å². The third kappa shape index (κ3) is 5.44. The highest BCUT2D eigenvalue weighted by Crippen LogP contribution is 2.33. The van der Waals surface area contributed by atoms with Crippen LogP contribution < -0.4 is 11.1 Å². The third-order valence-electron chi connectivity index (χ3n) is 6.91. The Morgan fingerprint density at radius 2 is 2.03 bits per heavy atom. The van der Waals surface area contributed by atoms with Crippen molar-refractivity contribution in [1.29, 1.82) is 5.26 Å². The summed E-state index contributed by atoms with van der Waals surface area (Å²) in [5.74, 6) is 0.0783. The zero-order valence-electron chi connectivity index (χ0n) is 20.6. The molecular formula is C26H26F3N7OS. The molecule has 12 heteroatoms. The highest BCUT2D eigenvalue weighted by molar-refractivity contribution is 7.18. The molecule has 1 amide bonds. The van der Waals surface area contributed by atoms with E-state index < -0.39 is 24.5 Å². The number of aromatic nitrogens is 3. The van der Waals surface area contributed by atoms with Crippen LogP contribution in [-0.4, -0.2) is 50.6 Å². The number of halogens is 3. The lowest BCUT2D eigenvalue weighted by Gasteiger charge is -2.32. The Bertz CT molecular complexity index is 1530. The first-order valence-corrected chi connectivity index (χ1v) is 13.1. The number of alkyl halides is 3. The molecule has 1 aliphatic rings. The summed E-state index contributed by atoms with van der Waals surface area (Å²) in [4.78, 5) is 23.3. The Labute approximate surface area is 220 Å². The molecule has 0 aliphatic carbocycles. The fraction of sp³-hybridized carbons (Fsp3) is 0.385. The fourth-order valence-electron chi connectivity index (χ4n) is 5.01. The van der Waals surface area contributed by atoms with Crippen molar-refractivity contribution in [2.75, 3.05) is 18.4 Å². The van der Waals surface area contributed by atoms with Crippen LogP contribution in [0.25, 0.3) is 21.1 Å². The number of carbonyl (C=O) groups excluding carboxylic acids is 1. The number of nitriles is 1. The maximum Gasteiger partial charge on any atom is 0.393 e. The molecule has 5 rings (SSSR count). The standard InChI is InChI=1S/C26H26F3N7OS/c1-15(23(31)37)36-19(12-30)9-17-8-16(2-3-22(17)36)13-35-6-4-18(5-7-35)34-24-21-10-20(11-26(27,28)29)38-25(21)33-14-32-24/h2-3,8-10,14-15,18H,4-7,11,13H2,1H3,(H2,31,37)(H,32,33,34). The second-order valence-electron chi connectivity index (χ2n) is 9.62. The van der Waals surface area contributed by atoms with E-state index in [0.717, 1.165) is 60.3 Å². The molecule has 0 radical (unpaired) electrons. The van der Waals surface area contributed by atoms with E-state index in [1.165, 1.54) is 12.4 Å². The van der Waals surface area contributed by atoms with Crippen molar-refractivity contribution < 1.29 is 18.0 Å². The van der Waals surface area contributed by atoms with Crippen LogP contribution in [0, 0.1) is 11.3 Å². The Morgan fingerprint density at radius 1 is 1.26 bits per heavy atom. The Hall–Kier alpha value is -3.69. The van der Waals surface area contributed by atoms with Crippen LogP contribution >= 0.6 is 11.3 Å². The number of thiophene rings is 1. The van der Waals surface area contributed by atoms with Crippen LogP contribution in [0.1, 0.15) is 41.9 Å². The van der Waals surface area contributed by atoms with E-state index in [2.05, 4.69) is 26.3 Å². The van der Waals surface area contributed by atoms with Crippen LogP contribution in [0.3, 0.4) is 0 Å². The molecule has 1 atom stereocenters. The first-order chi connectivity index (χ1) is 18.1. The average Bonchev–Trinajstić information content (AvgIpc) is 3.44. The second-order valence-corrected chi connectivity index (χ2v) is 10.7. The molecule has 0 bridgehead atoms. The van der Waals surface area contributed by atoms with Gasteiger partial charge < -0.3 is 15.6 Å². The number of nitrogens with two attached hydrogens (primary N) is 1. The topological polar surface area (TPSA) is 113 Å². The number of amides is 1. The maximum absolute atomic E-state index is 12.8. The van der Waals surface area contributed by atoms with Gasteiger partial charge in [0.25, 0.3) is 0 Å². The molecule has 4 heterocycles. The van der Waals surface area contributed by atoms with E-state index in [1.807, 2.05) is 18.2 Å². The first kappa shape index (κ1) is 25.9. The maximum atomic E-state index is 12.8. The lowest BCUT2D eigenvalue weighted by molar-refractivity contribution is -0.126. The Kier molecular flexibility index (Phi) is 6.98. The zero-order chi connectivity index (χ0) is 27.0. The minimum Gasteiger partial charge on any atom is -0.368 e. The fourth-order valence-corrected chi connectivity index (χ4v) is 6.03. The molecular weight excluding hydrogens is 515 g/mol. The summed E-state index contributed by atoms with van der Waals surface area (Å²) in [5, 5.41) is 14.5. The number of fused-ring (bicyclic) bond motifs is 2. The van der Waals surface area contributed by atoms with Gasteiger partial charge in [-0.25, -0.2) is 9.97 Å². The highest BCUT2D eigenvalue weighted by atomic mass is 32.1. The van der Waals surface area contributed by atoms with Gasteiger partial charge in [0.15, 0.2) is 0 Å². The largest absolute Gasteiger partial charge is 0.393 e. The molecule has 0 saturated carbocycles. The number of primary amides is 1. The molecule has 8 nitrogen and oxygen atoms in total. The average molecular weight is 542 g/mol. The molecule has 1 aliphatic heterocycles. The smallest absolute Gasteiger partial charge is 0.368 e. The number of anilines is 1. The van der Waals surface area contributed by atoms with E-state index in [4.69, 9.17) is 5.73 Å². The number of nitrogens with one attached hydrogen (secondary N) is 1. The monoisotopic (exact) mass is 541 g/mol. The van der Waals surface area contributed by atoms with Gasteiger partial charge in [-0.15, -0.1) is 11.3 Å². The predicted octanol–water partition coefficient (Wildman–Crippen LogP) is 4.75. The molecule has 3 N–H and O–H groups in total. The first-order valence-electron chi connectivity index (χ1n) is 12.2. The van der Waals surface area contributed by atoms with E-state index in [9.17, 15) is 23.2 Å². The van der Waals surface area contributed by atoms with Gasteiger partial charge in [-0.1, -0.05) is 6.07 Å². The third-order valence-corrected chi connectivity index (χ3v) is 7.95. The van der Waals surface area contributed by atoms with Crippen molar-refractivity contribution >= 4 is 44.2 Å². The van der Waals surface area contributed by atoms with Crippen LogP contribution in [0.15, 0.2) is 36.7 Å². The highest BCUT2D eigenvalue weighted by Gasteiger charge is 2.29. The lowest BCUT2D eigenvalue weighted by atomic mass is 10.0. The van der Waals surface area contributed by atoms with E-state index >= 15 is 0 Å². The van der Waals surface area contributed by atoms with E-state index in [1.54, 1.807) is 17.6 Å². The normalized spacial score (nSPS) is 16.1. The Morgan fingerprint density at radius 3 is 2.71 bits per heavy atom. The summed E-state index contributed by atoms with van der Waals surface area (Å²) in [7, 11) is 0. The molecule has 38 heavy (non-hydrogen) atoms. The number of nitrogens with zero attached hydrogens (tertiary/aromatic N) is 5. The van der Waals surface area contributed by atoms with Crippen molar-refractivity contribution in [2.45, 2.75) is 51.0 Å². The summed E-state index contributed by atoms with van der Waals surface area (Å²) in [6.07, 6.45) is -2.12. The van der Waals surface area contributed by atoms with Crippen molar-refractivity contribution in [3.63, 3.8) is 0 Å². The summed E-state index contributed by atoms with van der Waals surface area (Å²) >= 11 is 1.05. The van der Waals surface area contributed by atoms with E-state index in [0.29, 0.717) is 21.7 Å². The van der Waals surface area contributed by atoms with Gasteiger partial charge in [0.1, 0.15) is 34.8 Å². The van der Waals surface area contributed by atoms with E-state index in [-0.39, 0.29) is 10.9 Å². The number of benzene rings is 1.